The van der Waals surface area contributed by atoms with E-state index in [0.717, 1.165) is 26.2 Å². The average Bonchev–Trinajstić information content (AvgIpc) is 2.54. The van der Waals surface area contributed by atoms with Crippen LogP contribution in [0.2, 0.25) is 0 Å². The second-order valence-corrected chi connectivity index (χ2v) is 6.21. The maximum absolute atomic E-state index is 5.82. The van der Waals surface area contributed by atoms with Crippen molar-refractivity contribution in [1.29, 1.82) is 0 Å². The minimum atomic E-state index is 0.365. The quantitative estimate of drug-likeness (QED) is 0.672. The van der Waals surface area contributed by atoms with E-state index in [1.165, 1.54) is 37.9 Å². The molecule has 0 N–H and O–H groups in total. The van der Waals surface area contributed by atoms with Gasteiger partial charge in [-0.15, -0.1) is 6.58 Å². The molecule has 1 aliphatic rings. The van der Waals surface area contributed by atoms with Crippen molar-refractivity contribution in [3.05, 3.63) is 48.6 Å². The summed E-state index contributed by atoms with van der Waals surface area (Å²) in [6, 6.07) is 10.8. The van der Waals surface area contributed by atoms with E-state index in [9.17, 15) is 0 Å². The molecule has 2 heteroatoms. The Bertz CT molecular complexity index is 407. The first kappa shape index (κ1) is 16.3. The first-order valence-electron chi connectivity index (χ1n) is 8.23. The average molecular weight is 287 g/mol. The highest BCUT2D eigenvalue weighted by Crippen LogP contribution is 2.36. The summed E-state index contributed by atoms with van der Waals surface area (Å²) >= 11 is 0. The van der Waals surface area contributed by atoms with Gasteiger partial charge in [0.1, 0.15) is 0 Å². The van der Waals surface area contributed by atoms with Crippen LogP contribution in [0.3, 0.4) is 0 Å². The molecule has 2 rings (SSSR count). The number of nitrogens with zero attached hydrogens (tertiary/aromatic N) is 1. The lowest BCUT2D eigenvalue weighted by Crippen LogP contribution is -2.42. The van der Waals surface area contributed by atoms with E-state index in [0.29, 0.717) is 5.41 Å². The van der Waals surface area contributed by atoms with E-state index in [4.69, 9.17) is 4.74 Å². The fourth-order valence-electron chi connectivity index (χ4n) is 3.23. The van der Waals surface area contributed by atoms with Crippen LogP contribution in [0.4, 0.5) is 0 Å². The minimum absolute atomic E-state index is 0.365. The lowest BCUT2D eigenvalue weighted by Gasteiger charge is -2.41. The number of piperidine rings is 1. The van der Waals surface area contributed by atoms with Gasteiger partial charge in [0.2, 0.25) is 0 Å². The largest absolute Gasteiger partial charge is 0.381 e. The smallest absolute Gasteiger partial charge is 0.0523 e. The monoisotopic (exact) mass is 287 g/mol. The standard InChI is InChI=1S/C19H29NO/c1-3-14-20-15-12-19(13-16-20,17-21-4-2)11-10-18-8-6-5-7-9-18/h3,5-9H,1,4,10-17H2,2H3. The highest BCUT2D eigenvalue weighted by molar-refractivity contribution is 5.15. The Balaban J connectivity index is 1.92. The van der Waals surface area contributed by atoms with Gasteiger partial charge in [-0.3, -0.25) is 4.90 Å². The van der Waals surface area contributed by atoms with E-state index in [1.807, 2.05) is 6.08 Å². The molecule has 116 valence electrons. The van der Waals surface area contributed by atoms with Gasteiger partial charge in [0.15, 0.2) is 0 Å². The third kappa shape index (κ3) is 4.98. The lowest BCUT2D eigenvalue weighted by molar-refractivity contribution is 0.00160. The summed E-state index contributed by atoms with van der Waals surface area (Å²) in [5.41, 5.74) is 1.81. The van der Waals surface area contributed by atoms with Gasteiger partial charge in [0, 0.05) is 13.2 Å². The molecule has 0 atom stereocenters. The maximum atomic E-state index is 5.82. The molecule has 1 fully saturated rings. The van der Waals surface area contributed by atoms with Crippen LogP contribution in [0.5, 0.6) is 0 Å². The van der Waals surface area contributed by atoms with Gasteiger partial charge < -0.3 is 4.74 Å². The molecule has 0 bridgehead atoms. The molecule has 1 aromatic carbocycles. The second-order valence-electron chi connectivity index (χ2n) is 6.21. The van der Waals surface area contributed by atoms with Crippen molar-refractivity contribution in [2.45, 2.75) is 32.6 Å². The molecule has 0 amide bonds. The van der Waals surface area contributed by atoms with Crippen molar-refractivity contribution in [2.75, 3.05) is 32.8 Å². The van der Waals surface area contributed by atoms with Gasteiger partial charge in [-0.2, -0.15) is 0 Å². The van der Waals surface area contributed by atoms with E-state index in [1.54, 1.807) is 0 Å². The fourth-order valence-corrected chi connectivity index (χ4v) is 3.23. The normalized spacial score (nSPS) is 18.5. The molecule has 2 nitrogen and oxygen atoms in total. The Kier molecular flexibility index (Phi) is 6.47. The van der Waals surface area contributed by atoms with Crippen LogP contribution < -0.4 is 0 Å². The summed E-state index contributed by atoms with van der Waals surface area (Å²) in [6.07, 6.45) is 6.90. The number of rotatable bonds is 8. The van der Waals surface area contributed by atoms with Gasteiger partial charge in [-0.25, -0.2) is 0 Å². The van der Waals surface area contributed by atoms with Crippen LogP contribution >= 0.6 is 0 Å². The predicted molar refractivity (Wildman–Crippen MR) is 89.6 cm³/mol. The fraction of sp³-hybridized carbons (Fsp3) is 0.579. The van der Waals surface area contributed by atoms with Gasteiger partial charge in [-0.1, -0.05) is 36.4 Å². The predicted octanol–water partition coefficient (Wildman–Crippen LogP) is 3.92. The van der Waals surface area contributed by atoms with E-state index >= 15 is 0 Å². The van der Waals surface area contributed by atoms with Crippen molar-refractivity contribution >= 4 is 0 Å². The van der Waals surface area contributed by atoms with Gasteiger partial charge >= 0.3 is 0 Å². The number of aryl methyl sites for hydroxylation is 1. The van der Waals surface area contributed by atoms with Gasteiger partial charge in [0.25, 0.3) is 0 Å². The Morgan fingerprint density at radius 3 is 2.57 bits per heavy atom. The summed E-state index contributed by atoms with van der Waals surface area (Å²) in [4.78, 5) is 2.50. The third-order valence-corrected chi connectivity index (χ3v) is 4.70. The van der Waals surface area contributed by atoms with Crippen molar-refractivity contribution in [1.82, 2.24) is 4.90 Å². The number of likely N-dealkylation sites (tertiary alicyclic amines) is 1. The summed E-state index contributed by atoms with van der Waals surface area (Å²) < 4.78 is 5.82. The van der Waals surface area contributed by atoms with Crippen LogP contribution in [0.25, 0.3) is 0 Å². The summed E-state index contributed by atoms with van der Waals surface area (Å²) in [5, 5.41) is 0. The first-order chi connectivity index (χ1) is 10.3. The Morgan fingerprint density at radius 1 is 1.24 bits per heavy atom. The molecule has 0 aromatic heterocycles. The van der Waals surface area contributed by atoms with Crippen LogP contribution in [-0.2, 0) is 11.2 Å². The topological polar surface area (TPSA) is 12.5 Å². The molecule has 0 unspecified atom stereocenters. The summed E-state index contributed by atoms with van der Waals surface area (Å²) in [5.74, 6) is 0. The van der Waals surface area contributed by atoms with Gasteiger partial charge in [0.05, 0.1) is 6.61 Å². The lowest BCUT2D eigenvalue weighted by atomic mass is 9.74. The zero-order chi connectivity index (χ0) is 15.0. The molecular weight excluding hydrogens is 258 g/mol. The SMILES string of the molecule is C=CCN1CCC(CCc2ccccc2)(COCC)CC1. The Morgan fingerprint density at radius 2 is 1.95 bits per heavy atom. The Hall–Kier alpha value is -1.12. The molecule has 0 aliphatic carbocycles. The van der Waals surface area contributed by atoms with Gasteiger partial charge in [-0.05, 0) is 56.7 Å². The van der Waals surface area contributed by atoms with Crippen molar-refractivity contribution in [3.63, 3.8) is 0 Å². The number of benzene rings is 1. The molecule has 0 radical (unpaired) electrons. The van der Waals surface area contributed by atoms with E-state index in [2.05, 4.69) is 48.7 Å². The minimum Gasteiger partial charge on any atom is -0.381 e. The highest BCUT2D eigenvalue weighted by Gasteiger charge is 2.34. The molecular formula is C19H29NO. The zero-order valence-electron chi connectivity index (χ0n) is 13.4. The molecule has 0 saturated carbocycles. The van der Waals surface area contributed by atoms with Crippen LogP contribution in [0.1, 0.15) is 31.7 Å². The number of ether oxygens (including phenoxy) is 1. The molecule has 1 saturated heterocycles. The first-order valence-corrected chi connectivity index (χ1v) is 8.23. The maximum Gasteiger partial charge on any atom is 0.0523 e. The molecule has 21 heavy (non-hydrogen) atoms. The second kappa shape index (κ2) is 8.35. The van der Waals surface area contributed by atoms with Crippen molar-refractivity contribution in [3.8, 4) is 0 Å². The van der Waals surface area contributed by atoms with Crippen molar-refractivity contribution in [2.24, 2.45) is 5.41 Å². The van der Waals surface area contributed by atoms with Crippen LogP contribution in [0.15, 0.2) is 43.0 Å². The van der Waals surface area contributed by atoms with Crippen LogP contribution in [-0.4, -0.2) is 37.7 Å². The molecule has 1 aliphatic heterocycles. The summed E-state index contributed by atoms with van der Waals surface area (Å²) in [6.45, 7) is 11.0. The Labute approximate surface area is 129 Å². The van der Waals surface area contributed by atoms with Crippen LogP contribution in [0, 0.1) is 5.41 Å². The van der Waals surface area contributed by atoms with E-state index in [-0.39, 0.29) is 0 Å². The van der Waals surface area contributed by atoms with Crippen molar-refractivity contribution < 1.29 is 4.74 Å². The number of hydrogen-bond donors (Lipinski definition) is 0. The summed E-state index contributed by atoms with van der Waals surface area (Å²) in [7, 11) is 0. The molecule has 0 spiro atoms. The third-order valence-electron chi connectivity index (χ3n) is 4.70. The van der Waals surface area contributed by atoms with E-state index < -0.39 is 0 Å². The molecule has 1 aromatic rings. The zero-order valence-corrected chi connectivity index (χ0v) is 13.4. The molecule has 1 heterocycles. The highest BCUT2D eigenvalue weighted by atomic mass is 16.5. The number of hydrogen-bond acceptors (Lipinski definition) is 2.